The third kappa shape index (κ3) is 7.51. The second-order valence-corrected chi connectivity index (χ2v) is 23.0. The lowest BCUT2D eigenvalue weighted by atomic mass is 9.33. The Hall–Kier alpha value is -1.35. The summed E-state index contributed by atoms with van der Waals surface area (Å²) in [6.07, 6.45) is -10.1. The van der Waals surface area contributed by atoms with Crippen molar-refractivity contribution in [3.05, 3.63) is 11.6 Å². The quantitative estimate of drug-likeness (QED) is 0.125. The van der Waals surface area contributed by atoms with Gasteiger partial charge in [0.15, 0.2) is 18.9 Å². The standard InChI is InChI=1S/C47H76O16/c1-22-30(49)33(52)35(54)38(59-22)63-37-32(51)26(61-39-36(55)34(53)31(50)25(20-48)60-39)21-58-40(37)62-29-12-13-44(6)27(43(29,4)5)11-14-46(8)28(44)10-9-23-24-19-42(2,3)15-17-47(24,41(56)57)18-16-45(23,46)7/h9,22,24-40,48-55H,10-21H2,1-8H3,(H,56,57)/t22-,24?,25+,26+,27?,28?,29?,30-,31+,32-,33+,34-,35+,36+,37+,38-,39-,40-,44-,45+,46+,47-/m0/s1. The van der Waals surface area contributed by atoms with Crippen LogP contribution < -0.4 is 0 Å². The van der Waals surface area contributed by atoms with Crippen LogP contribution >= 0.6 is 0 Å². The number of carboxylic acid groups (broad SMARTS) is 1. The minimum atomic E-state index is -1.75. The van der Waals surface area contributed by atoms with Gasteiger partial charge in [-0.05, 0) is 116 Å². The summed E-state index contributed by atoms with van der Waals surface area (Å²) < 4.78 is 36.7. The predicted octanol–water partition coefficient (Wildman–Crippen LogP) is 2.37. The fraction of sp³-hybridized carbons (Fsp3) is 0.936. The van der Waals surface area contributed by atoms with Crippen LogP contribution in [0.1, 0.15) is 120 Å². The number of hydrogen-bond acceptors (Lipinski definition) is 15. The second kappa shape index (κ2) is 16.7. The van der Waals surface area contributed by atoms with Crippen LogP contribution in [0.25, 0.3) is 0 Å². The van der Waals surface area contributed by atoms with E-state index in [9.17, 15) is 50.8 Å². The summed E-state index contributed by atoms with van der Waals surface area (Å²) in [5.41, 5.74) is 0.113. The number of aliphatic hydroxyl groups excluding tert-OH is 8. The molecule has 22 atom stereocenters. The van der Waals surface area contributed by atoms with Gasteiger partial charge < -0.3 is 74.4 Å². The maximum absolute atomic E-state index is 13.1. The van der Waals surface area contributed by atoms with E-state index in [2.05, 4.69) is 54.5 Å². The van der Waals surface area contributed by atoms with Crippen LogP contribution in [0, 0.1) is 50.2 Å². The third-order valence-corrected chi connectivity index (χ3v) is 19.0. The number of rotatable bonds is 8. The molecule has 0 spiro atoms. The summed E-state index contributed by atoms with van der Waals surface area (Å²) in [5.74, 6) is -0.0288. The van der Waals surface area contributed by atoms with Crippen molar-refractivity contribution < 1.29 is 79.2 Å². The summed E-state index contributed by atoms with van der Waals surface area (Å²) >= 11 is 0. The molecule has 0 amide bonds. The van der Waals surface area contributed by atoms with Gasteiger partial charge in [-0.1, -0.05) is 60.1 Å². The zero-order chi connectivity index (χ0) is 46.0. The molecule has 0 radical (unpaired) electrons. The lowest BCUT2D eigenvalue weighted by Gasteiger charge is -2.71. The van der Waals surface area contributed by atoms with Gasteiger partial charge in [0, 0.05) is 0 Å². The Morgan fingerprint density at radius 1 is 0.714 bits per heavy atom. The van der Waals surface area contributed by atoms with Crippen molar-refractivity contribution in [2.24, 2.45) is 50.2 Å². The first-order valence-electron chi connectivity index (χ1n) is 23.6. The number of allylic oxidation sites excluding steroid dienone is 2. The van der Waals surface area contributed by atoms with Gasteiger partial charge in [-0.15, -0.1) is 0 Å². The van der Waals surface area contributed by atoms with Gasteiger partial charge >= 0.3 is 5.97 Å². The highest BCUT2D eigenvalue weighted by Crippen LogP contribution is 2.76. The zero-order valence-corrected chi connectivity index (χ0v) is 38.3. The van der Waals surface area contributed by atoms with E-state index in [0.29, 0.717) is 18.8 Å². The first-order valence-corrected chi connectivity index (χ1v) is 23.6. The molecule has 3 saturated heterocycles. The molecule has 4 saturated carbocycles. The molecule has 0 aromatic rings. The van der Waals surface area contributed by atoms with Crippen molar-refractivity contribution in [1.82, 2.24) is 0 Å². The van der Waals surface area contributed by atoms with E-state index in [1.165, 1.54) is 12.5 Å². The van der Waals surface area contributed by atoms with E-state index >= 15 is 0 Å². The van der Waals surface area contributed by atoms with E-state index in [1.807, 2.05) is 0 Å². The molecular weight excluding hydrogens is 821 g/mol. The number of carbonyl (C=O) groups is 1. The smallest absolute Gasteiger partial charge is 0.310 e. The van der Waals surface area contributed by atoms with Crippen LogP contribution in [0.5, 0.6) is 0 Å². The van der Waals surface area contributed by atoms with Crippen molar-refractivity contribution in [3.63, 3.8) is 0 Å². The summed E-state index contributed by atoms with van der Waals surface area (Å²) in [6, 6.07) is 0. The number of carboxylic acids is 1. The summed E-state index contributed by atoms with van der Waals surface area (Å²) in [6.45, 7) is 17.0. The normalized spacial score (nSPS) is 54.1. The topological polar surface area (TPSA) is 255 Å². The number of aliphatic hydroxyl groups is 8. The van der Waals surface area contributed by atoms with Crippen LogP contribution in [0.15, 0.2) is 11.6 Å². The molecule has 3 heterocycles. The fourth-order valence-electron chi connectivity index (χ4n) is 14.8. The highest BCUT2D eigenvalue weighted by molar-refractivity contribution is 5.76. The largest absolute Gasteiger partial charge is 0.481 e. The van der Waals surface area contributed by atoms with Gasteiger partial charge in [0.05, 0.1) is 30.8 Å². The van der Waals surface area contributed by atoms with Crippen molar-refractivity contribution >= 4 is 5.97 Å². The number of hydrogen-bond donors (Lipinski definition) is 9. The highest BCUT2D eigenvalue weighted by atomic mass is 16.8. The Morgan fingerprint density at radius 2 is 1.37 bits per heavy atom. The number of ether oxygens (including phenoxy) is 6. The van der Waals surface area contributed by atoms with E-state index in [4.69, 9.17) is 28.4 Å². The average molecular weight is 897 g/mol. The Morgan fingerprint density at radius 3 is 2.03 bits per heavy atom. The van der Waals surface area contributed by atoms with Crippen molar-refractivity contribution in [2.45, 2.75) is 212 Å². The van der Waals surface area contributed by atoms with E-state index in [1.54, 1.807) is 0 Å². The maximum atomic E-state index is 13.1. The van der Waals surface area contributed by atoms with Crippen molar-refractivity contribution in [1.29, 1.82) is 0 Å². The minimum Gasteiger partial charge on any atom is -0.481 e. The van der Waals surface area contributed by atoms with E-state index < -0.39 is 109 Å². The number of fused-ring (bicyclic) bond motifs is 7. The molecule has 63 heavy (non-hydrogen) atoms. The molecule has 3 aliphatic heterocycles. The van der Waals surface area contributed by atoms with Crippen LogP contribution in [-0.4, -0.2) is 157 Å². The highest BCUT2D eigenvalue weighted by Gasteiger charge is 2.70. The minimum absolute atomic E-state index is 0.0289. The molecule has 0 bridgehead atoms. The maximum Gasteiger partial charge on any atom is 0.310 e. The average Bonchev–Trinajstić information content (AvgIpc) is 3.22. The molecule has 360 valence electrons. The Balaban J connectivity index is 1.04. The number of aliphatic carboxylic acids is 1. The summed E-state index contributed by atoms with van der Waals surface area (Å²) in [5, 5.41) is 96.0. The molecule has 0 aromatic heterocycles. The monoisotopic (exact) mass is 897 g/mol. The summed E-state index contributed by atoms with van der Waals surface area (Å²) in [7, 11) is 0. The lowest BCUT2D eigenvalue weighted by Crippen LogP contribution is -2.66. The fourth-order valence-corrected chi connectivity index (χ4v) is 14.8. The molecule has 9 N–H and O–H groups in total. The van der Waals surface area contributed by atoms with Crippen LogP contribution in [0.4, 0.5) is 0 Å². The molecular formula is C47H76O16. The van der Waals surface area contributed by atoms with Crippen LogP contribution in [-0.2, 0) is 33.2 Å². The van der Waals surface area contributed by atoms with Crippen molar-refractivity contribution in [2.75, 3.05) is 13.2 Å². The third-order valence-electron chi connectivity index (χ3n) is 19.0. The molecule has 7 fully saturated rings. The van der Waals surface area contributed by atoms with Gasteiger partial charge in [0.2, 0.25) is 0 Å². The lowest BCUT2D eigenvalue weighted by molar-refractivity contribution is -0.380. The van der Waals surface area contributed by atoms with E-state index in [0.717, 1.165) is 51.4 Å². The van der Waals surface area contributed by atoms with Gasteiger partial charge in [-0.3, -0.25) is 4.79 Å². The van der Waals surface area contributed by atoms with Gasteiger partial charge in [0.25, 0.3) is 0 Å². The molecule has 5 aliphatic carbocycles. The predicted molar refractivity (Wildman–Crippen MR) is 223 cm³/mol. The zero-order valence-electron chi connectivity index (χ0n) is 38.3. The van der Waals surface area contributed by atoms with Crippen LogP contribution in [0.2, 0.25) is 0 Å². The Bertz CT molecular complexity index is 1720. The Labute approximate surface area is 371 Å². The molecule has 4 unspecified atom stereocenters. The van der Waals surface area contributed by atoms with Gasteiger partial charge in [-0.25, -0.2) is 0 Å². The molecule has 16 heteroatoms. The van der Waals surface area contributed by atoms with Gasteiger partial charge in [0.1, 0.15) is 61.0 Å². The summed E-state index contributed by atoms with van der Waals surface area (Å²) in [4.78, 5) is 13.1. The molecule has 8 rings (SSSR count). The molecule has 8 aliphatic rings. The first kappa shape index (κ1) is 48.1. The van der Waals surface area contributed by atoms with E-state index in [-0.39, 0.29) is 46.2 Å². The van der Waals surface area contributed by atoms with Gasteiger partial charge in [-0.2, -0.15) is 0 Å². The molecule has 16 nitrogen and oxygen atoms in total. The second-order valence-electron chi connectivity index (χ2n) is 23.0. The SMILES string of the molecule is C[C@@H]1O[C@@H](O[C@H]2[C@H](OC3CC[C@@]4(C)C(CC[C@]5(C)C4CC=C4C6CC(C)(C)CC[C@]6(C(=O)O)CC[C@]45C)C3(C)C)OC[C@@H](O[C@@H]3O[C@H](CO)[C@@H](O)[C@H](O)[C@H]3O)[C@@H]2O)[C@H](O)[C@H](O)[C@H]1O. The van der Waals surface area contributed by atoms with Crippen molar-refractivity contribution in [3.8, 4) is 0 Å². The van der Waals surface area contributed by atoms with Crippen LogP contribution in [0.3, 0.4) is 0 Å². The first-order chi connectivity index (χ1) is 29.4. The Kier molecular flexibility index (Phi) is 12.8. The molecule has 0 aromatic carbocycles.